The molecule has 4 nitrogen and oxygen atoms in total. The van der Waals surface area contributed by atoms with Crippen molar-refractivity contribution in [2.45, 2.75) is 32.4 Å². The monoisotopic (exact) mass is 283 g/mol. The van der Waals surface area contributed by atoms with Crippen LogP contribution < -0.4 is 5.32 Å². The number of rotatable bonds is 6. The van der Waals surface area contributed by atoms with Gasteiger partial charge >= 0.3 is 5.97 Å². The Bertz CT molecular complexity index is 374. The smallest absolute Gasteiger partial charge is 0.323 e. The molecule has 0 spiro atoms. The highest BCUT2D eigenvalue weighted by atomic mass is 32.1. The van der Waals surface area contributed by atoms with Gasteiger partial charge < -0.3 is 9.47 Å². The molecule has 1 aliphatic rings. The number of thiophene rings is 1. The predicted octanol–water partition coefficient (Wildman–Crippen LogP) is 2.20. The summed E-state index contributed by atoms with van der Waals surface area (Å²) in [7, 11) is 0. The molecule has 1 saturated heterocycles. The Morgan fingerprint density at radius 2 is 2.37 bits per heavy atom. The van der Waals surface area contributed by atoms with Gasteiger partial charge in [-0.2, -0.15) is 0 Å². The first-order chi connectivity index (χ1) is 9.31. The van der Waals surface area contributed by atoms with Crippen LogP contribution in [0.1, 0.15) is 24.6 Å². The van der Waals surface area contributed by atoms with Crippen molar-refractivity contribution >= 4 is 17.3 Å². The molecule has 0 aromatic carbocycles. The Labute approximate surface area is 118 Å². The molecule has 0 bridgehead atoms. The highest BCUT2D eigenvalue weighted by Crippen LogP contribution is 2.20. The van der Waals surface area contributed by atoms with Gasteiger partial charge in [-0.05, 0) is 37.1 Å². The summed E-state index contributed by atoms with van der Waals surface area (Å²) < 4.78 is 10.6. The number of ether oxygens (including phenoxy) is 2. The van der Waals surface area contributed by atoms with Crippen molar-refractivity contribution in [3.05, 3.63) is 22.4 Å². The molecule has 5 heteroatoms. The second-order valence-electron chi connectivity index (χ2n) is 4.64. The Balaban J connectivity index is 1.94. The molecule has 1 atom stereocenters. The zero-order valence-electron chi connectivity index (χ0n) is 11.3. The Kier molecular flexibility index (Phi) is 5.82. The third-order valence-corrected chi connectivity index (χ3v) is 4.23. The predicted molar refractivity (Wildman–Crippen MR) is 75.1 cm³/mol. The van der Waals surface area contributed by atoms with Crippen molar-refractivity contribution < 1.29 is 14.3 Å². The molecule has 1 unspecified atom stereocenters. The van der Waals surface area contributed by atoms with Crippen molar-refractivity contribution in [3.8, 4) is 0 Å². The lowest BCUT2D eigenvalue weighted by Crippen LogP contribution is -2.45. The van der Waals surface area contributed by atoms with E-state index in [1.807, 2.05) is 18.4 Å². The highest BCUT2D eigenvalue weighted by molar-refractivity contribution is 7.09. The maximum absolute atomic E-state index is 12.1. The topological polar surface area (TPSA) is 47.6 Å². The molecule has 0 radical (unpaired) electrons. The quantitative estimate of drug-likeness (QED) is 0.813. The number of esters is 1. The third kappa shape index (κ3) is 4.30. The average Bonchev–Trinajstić information content (AvgIpc) is 2.94. The molecule has 1 aromatic heterocycles. The summed E-state index contributed by atoms with van der Waals surface area (Å²) in [5.74, 6) is 0.179. The van der Waals surface area contributed by atoms with Crippen LogP contribution in [0.3, 0.4) is 0 Å². The van der Waals surface area contributed by atoms with E-state index in [0.717, 1.165) is 32.6 Å². The van der Waals surface area contributed by atoms with Crippen molar-refractivity contribution in [1.82, 2.24) is 5.32 Å². The summed E-state index contributed by atoms with van der Waals surface area (Å²) in [5, 5.41) is 5.40. The Hall–Kier alpha value is -0.910. The summed E-state index contributed by atoms with van der Waals surface area (Å²) in [6.07, 6.45) is 1.84. The fraction of sp³-hybridized carbons (Fsp3) is 0.643. The molecule has 2 rings (SSSR count). The van der Waals surface area contributed by atoms with Crippen molar-refractivity contribution in [2.75, 3.05) is 19.8 Å². The molecule has 1 fully saturated rings. The second-order valence-corrected chi connectivity index (χ2v) is 5.67. The molecule has 1 aliphatic heterocycles. The summed E-state index contributed by atoms with van der Waals surface area (Å²) in [4.78, 5) is 13.3. The molecule has 1 N–H and O–H groups in total. The van der Waals surface area contributed by atoms with Gasteiger partial charge in [0.05, 0.1) is 6.61 Å². The number of hydrogen-bond donors (Lipinski definition) is 1. The van der Waals surface area contributed by atoms with E-state index in [1.165, 1.54) is 4.88 Å². The highest BCUT2D eigenvalue weighted by Gasteiger charge is 2.30. The minimum atomic E-state index is -0.217. The van der Waals surface area contributed by atoms with E-state index in [4.69, 9.17) is 9.47 Å². The Morgan fingerprint density at radius 1 is 1.58 bits per heavy atom. The minimum Gasteiger partial charge on any atom is -0.465 e. The Morgan fingerprint density at radius 3 is 3.00 bits per heavy atom. The largest absolute Gasteiger partial charge is 0.465 e. The molecule has 0 amide bonds. The van der Waals surface area contributed by atoms with Gasteiger partial charge in [0.15, 0.2) is 0 Å². The van der Waals surface area contributed by atoms with Crippen LogP contribution >= 0.6 is 11.3 Å². The van der Waals surface area contributed by atoms with E-state index in [9.17, 15) is 4.79 Å². The first-order valence-electron chi connectivity index (χ1n) is 6.81. The summed E-state index contributed by atoms with van der Waals surface area (Å²) >= 11 is 1.70. The molecule has 106 valence electrons. The number of hydrogen-bond acceptors (Lipinski definition) is 5. The molecular weight excluding hydrogens is 262 g/mol. The van der Waals surface area contributed by atoms with E-state index in [2.05, 4.69) is 11.4 Å². The van der Waals surface area contributed by atoms with Gasteiger partial charge in [0.25, 0.3) is 0 Å². The lowest BCUT2D eigenvalue weighted by atomic mass is 9.91. The molecule has 0 aliphatic carbocycles. The van der Waals surface area contributed by atoms with Gasteiger partial charge in [-0.25, -0.2) is 0 Å². The van der Waals surface area contributed by atoms with Crippen LogP contribution in [0.15, 0.2) is 17.5 Å². The zero-order valence-corrected chi connectivity index (χ0v) is 12.1. The average molecular weight is 283 g/mol. The molecule has 0 saturated carbocycles. The van der Waals surface area contributed by atoms with E-state index < -0.39 is 0 Å². The number of carbonyl (C=O) groups is 1. The van der Waals surface area contributed by atoms with Crippen LogP contribution in [0.5, 0.6) is 0 Å². The SMILES string of the molecule is CCOC(=O)C(NCc1cccs1)C1CCOCC1. The van der Waals surface area contributed by atoms with Gasteiger partial charge in [-0.15, -0.1) is 11.3 Å². The van der Waals surface area contributed by atoms with Crippen LogP contribution in [0, 0.1) is 5.92 Å². The maximum Gasteiger partial charge on any atom is 0.323 e. The van der Waals surface area contributed by atoms with E-state index in [0.29, 0.717) is 12.5 Å². The summed E-state index contributed by atoms with van der Waals surface area (Å²) in [6.45, 7) is 4.47. The second kappa shape index (κ2) is 7.62. The van der Waals surface area contributed by atoms with Crippen LogP contribution in [0.4, 0.5) is 0 Å². The van der Waals surface area contributed by atoms with E-state index in [1.54, 1.807) is 11.3 Å². The third-order valence-electron chi connectivity index (χ3n) is 3.35. The molecular formula is C14H21NO3S. The maximum atomic E-state index is 12.1. The van der Waals surface area contributed by atoms with Crippen LogP contribution in [0.2, 0.25) is 0 Å². The van der Waals surface area contributed by atoms with Crippen molar-refractivity contribution in [2.24, 2.45) is 5.92 Å². The van der Waals surface area contributed by atoms with Gasteiger partial charge in [-0.1, -0.05) is 6.07 Å². The fourth-order valence-electron chi connectivity index (χ4n) is 2.35. The van der Waals surface area contributed by atoms with Crippen LogP contribution in [0.25, 0.3) is 0 Å². The van der Waals surface area contributed by atoms with E-state index in [-0.39, 0.29) is 12.0 Å². The number of nitrogens with one attached hydrogen (secondary N) is 1. The van der Waals surface area contributed by atoms with Crippen LogP contribution in [-0.2, 0) is 20.8 Å². The van der Waals surface area contributed by atoms with Gasteiger partial charge in [0.1, 0.15) is 6.04 Å². The number of carbonyl (C=O) groups excluding carboxylic acids is 1. The lowest BCUT2D eigenvalue weighted by molar-refractivity contribution is -0.148. The first kappa shape index (κ1) is 14.5. The van der Waals surface area contributed by atoms with Crippen LogP contribution in [-0.4, -0.2) is 31.8 Å². The van der Waals surface area contributed by atoms with Gasteiger partial charge in [-0.3, -0.25) is 10.1 Å². The fourth-order valence-corrected chi connectivity index (χ4v) is 3.00. The molecule has 19 heavy (non-hydrogen) atoms. The minimum absolute atomic E-state index is 0.133. The normalized spacial score (nSPS) is 18.2. The summed E-state index contributed by atoms with van der Waals surface area (Å²) in [5.41, 5.74) is 0. The molecule has 1 aromatic rings. The lowest BCUT2D eigenvalue weighted by Gasteiger charge is -2.29. The summed E-state index contributed by atoms with van der Waals surface area (Å²) in [6, 6.07) is 3.88. The van der Waals surface area contributed by atoms with Crippen molar-refractivity contribution in [1.29, 1.82) is 0 Å². The molecule has 2 heterocycles. The first-order valence-corrected chi connectivity index (χ1v) is 7.69. The zero-order chi connectivity index (χ0) is 13.5. The van der Waals surface area contributed by atoms with E-state index >= 15 is 0 Å². The standard InChI is InChI=1S/C14H21NO3S/c1-2-18-14(16)13(11-5-7-17-8-6-11)15-10-12-4-3-9-19-12/h3-4,9,11,13,15H,2,5-8,10H2,1H3. The van der Waals surface area contributed by atoms with Gasteiger partial charge in [0, 0.05) is 24.6 Å². The van der Waals surface area contributed by atoms with Crippen molar-refractivity contribution in [3.63, 3.8) is 0 Å². The van der Waals surface area contributed by atoms with Gasteiger partial charge in [0.2, 0.25) is 0 Å².